The number of aromatic nitrogens is 3. The molecule has 30 heavy (non-hydrogen) atoms. The number of ether oxygens (including phenoxy) is 2. The molecule has 1 aromatic heterocycles. The Bertz CT molecular complexity index is 1230. The van der Waals surface area contributed by atoms with E-state index in [1.807, 2.05) is 77.4 Å². The molecule has 0 bridgehead atoms. The number of hydrogen-bond donors (Lipinski definition) is 0. The average Bonchev–Trinajstić information content (AvgIpc) is 3.45. The molecule has 0 saturated carbocycles. The first kappa shape index (κ1) is 18.3. The van der Waals surface area contributed by atoms with Gasteiger partial charge in [-0.1, -0.05) is 42.1 Å². The van der Waals surface area contributed by atoms with Crippen LogP contribution in [0, 0.1) is 11.3 Å². The normalized spacial score (nSPS) is 12.0. The molecule has 5 rings (SSSR count). The third-order valence-electron chi connectivity index (χ3n) is 4.73. The highest BCUT2D eigenvalue weighted by Crippen LogP contribution is 2.37. The lowest BCUT2D eigenvalue weighted by molar-refractivity contribution is 0.174. The monoisotopic (exact) mass is 412 g/mol. The maximum absolute atomic E-state index is 8.97. The number of nitrogens with zero attached hydrogens (tertiary/aromatic N) is 4. The van der Waals surface area contributed by atoms with Gasteiger partial charge in [0, 0.05) is 17.0 Å². The fraction of sp³-hybridized carbons (Fsp3) is 0.0870. The van der Waals surface area contributed by atoms with Crippen molar-refractivity contribution in [2.45, 2.75) is 10.9 Å². The van der Waals surface area contributed by atoms with Crippen LogP contribution in [0.1, 0.15) is 11.1 Å². The molecule has 0 unspecified atom stereocenters. The molecule has 3 aromatic carbocycles. The van der Waals surface area contributed by atoms with Crippen molar-refractivity contribution in [1.82, 2.24) is 14.8 Å². The van der Waals surface area contributed by atoms with Crippen molar-refractivity contribution in [1.29, 1.82) is 5.26 Å². The van der Waals surface area contributed by atoms with Crippen molar-refractivity contribution in [3.8, 4) is 34.6 Å². The van der Waals surface area contributed by atoms with Gasteiger partial charge in [-0.15, -0.1) is 10.2 Å². The van der Waals surface area contributed by atoms with Crippen molar-refractivity contribution in [3.63, 3.8) is 0 Å². The minimum Gasteiger partial charge on any atom is -0.454 e. The Hall–Kier alpha value is -3.76. The molecule has 0 radical (unpaired) electrons. The van der Waals surface area contributed by atoms with Crippen LogP contribution in [0.4, 0.5) is 0 Å². The Morgan fingerprint density at radius 2 is 1.73 bits per heavy atom. The molecule has 146 valence electrons. The molecule has 0 spiro atoms. The number of hydrogen-bond acceptors (Lipinski definition) is 6. The van der Waals surface area contributed by atoms with Crippen LogP contribution in [-0.2, 0) is 5.75 Å². The minimum absolute atomic E-state index is 0.232. The first-order valence-electron chi connectivity index (χ1n) is 9.34. The van der Waals surface area contributed by atoms with E-state index in [2.05, 4.69) is 16.3 Å². The molecule has 6 nitrogen and oxygen atoms in total. The molecular formula is C23H16N4O2S. The van der Waals surface area contributed by atoms with Gasteiger partial charge in [0.1, 0.15) is 0 Å². The Morgan fingerprint density at radius 1 is 0.933 bits per heavy atom. The zero-order chi connectivity index (χ0) is 20.3. The van der Waals surface area contributed by atoms with Gasteiger partial charge in [-0.3, -0.25) is 4.57 Å². The highest BCUT2D eigenvalue weighted by atomic mass is 32.2. The Kier molecular flexibility index (Phi) is 4.83. The number of fused-ring (bicyclic) bond motifs is 1. The fourth-order valence-electron chi connectivity index (χ4n) is 3.22. The van der Waals surface area contributed by atoms with Gasteiger partial charge in [0.25, 0.3) is 0 Å². The van der Waals surface area contributed by atoms with Crippen LogP contribution >= 0.6 is 11.8 Å². The maximum Gasteiger partial charge on any atom is 0.231 e. The van der Waals surface area contributed by atoms with Crippen molar-refractivity contribution in [2.24, 2.45) is 0 Å². The second-order valence-corrected chi connectivity index (χ2v) is 7.59. The topological polar surface area (TPSA) is 73.0 Å². The van der Waals surface area contributed by atoms with Gasteiger partial charge in [0.15, 0.2) is 22.5 Å². The van der Waals surface area contributed by atoms with E-state index in [-0.39, 0.29) is 6.79 Å². The lowest BCUT2D eigenvalue weighted by Crippen LogP contribution is -1.99. The molecule has 0 fully saturated rings. The lowest BCUT2D eigenvalue weighted by atomic mass is 10.2. The van der Waals surface area contributed by atoms with Gasteiger partial charge in [-0.2, -0.15) is 5.26 Å². The molecule has 0 aliphatic carbocycles. The van der Waals surface area contributed by atoms with Crippen LogP contribution in [0.3, 0.4) is 0 Å². The van der Waals surface area contributed by atoms with Crippen LogP contribution in [-0.4, -0.2) is 21.6 Å². The summed E-state index contributed by atoms with van der Waals surface area (Å²) in [6.07, 6.45) is 0. The van der Waals surface area contributed by atoms with Gasteiger partial charge >= 0.3 is 0 Å². The van der Waals surface area contributed by atoms with E-state index in [0.29, 0.717) is 11.3 Å². The summed E-state index contributed by atoms with van der Waals surface area (Å²) in [5.74, 6) is 2.90. The van der Waals surface area contributed by atoms with Crippen molar-refractivity contribution >= 4 is 11.8 Å². The summed E-state index contributed by atoms with van der Waals surface area (Å²) in [7, 11) is 0. The molecule has 0 atom stereocenters. The zero-order valence-corrected chi connectivity index (χ0v) is 16.7. The summed E-state index contributed by atoms with van der Waals surface area (Å²) in [6, 6.07) is 25.6. The second kappa shape index (κ2) is 7.93. The van der Waals surface area contributed by atoms with Gasteiger partial charge in [-0.25, -0.2) is 0 Å². The molecule has 0 amide bonds. The summed E-state index contributed by atoms with van der Waals surface area (Å²) >= 11 is 1.60. The molecule has 1 aliphatic rings. The van der Waals surface area contributed by atoms with Crippen molar-refractivity contribution in [3.05, 3.63) is 83.9 Å². The number of para-hydroxylation sites is 1. The molecular weight excluding hydrogens is 396 g/mol. The Morgan fingerprint density at radius 3 is 2.53 bits per heavy atom. The first-order chi connectivity index (χ1) is 14.8. The fourth-order valence-corrected chi connectivity index (χ4v) is 4.13. The van der Waals surface area contributed by atoms with E-state index < -0.39 is 0 Å². The third-order valence-corrected chi connectivity index (χ3v) is 5.73. The third kappa shape index (κ3) is 3.49. The van der Waals surface area contributed by atoms with E-state index in [0.717, 1.165) is 39.3 Å². The standard InChI is InChI=1S/C23H16N4O2S/c24-13-16-6-8-17(9-7-16)14-30-23-26-25-22(27(23)19-4-2-1-3-5-19)18-10-11-20-21(12-18)29-15-28-20/h1-12H,14-15H2. The summed E-state index contributed by atoms with van der Waals surface area (Å²) in [6.45, 7) is 0.232. The van der Waals surface area contributed by atoms with E-state index >= 15 is 0 Å². The molecule has 2 heterocycles. The largest absolute Gasteiger partial charge is 0.454 e. The smallest absolute Gasteiger partial charge is 0.231 e. The van der Waals surface area contributed by atoms with E-state index in [4.69, 9.17) is 14.7 Å². The molecule has 1 aliphatic heterocycles. The SMILES string of the molecule is N#Cc1ccc(CSc2nnc(-c3ccc4c(c3)OCO4)n2-c2ccccc2)cc1. The quantitative estimate of drug-likeness (QED) is 0.437. The lowest BCUT2D eigenvalue weighted by Gasteiger charge is -2.11. The van der Waals surface area contributed by atoms with Gasteiger partial charge < -0.3 is 9.47 Å². The van der Waals surface area contributed by atoms with Crippen LogP contribution in [0.2, 0.25) is 0 Å². The highest BCUT2D eigenvalue weighted by Gasteiger charge is 2.20. The maximum atomic E-state index is 8.97. The van der Waals surface area contributed by atoms with Crippen LogP contribution < -0.4 is 9.47 Å². The van der Waals surface area contributed by atoms with Crippen molar-refractivity contribution in [2.75, 3.05) is 6.79 Å². The summed E-state index contributed by atoms with van der Waals surface area (Å²) in [5.41, 5.74) is 3.66. The number of benzene rings is 3. The number of rotatable bonds is 5. The average molecular weight is 412 g/mol. The number of nitriles is 1. The van der Waals surface area contributed by atoms with Gasteiger partial charge in [-0.05, 0) is 48.0 Å². The van der Waals surface area contributed by atoms with Crippen LogP contribution in [0.15, 0.2) is 78.0 Å². The summed E-state index contributed by atoms with van der Waals surface area (Å²) < 4.78 is 13.0. The van der Waals surface area contributed by atoms with E-state index in [1.165, 1.54) is 0 Å². The Labute approximate surface area is 177 Å². The van der Waals surface area contributed by atoms with Gasteiger partial charge in [0.2, 0.25) is 6.79 Å². The predicted octanol–water partition coefficient (Wildman–Crippen LogP) is 4.83. The van der Waals surface area contributed by atoms with Gasteiger partial charge in [0.05, 0.1) is 11.6 Å². The predicted molar refractivity (Wildman–Crippen MR) is 114 cm³/mol. The van der Waals surface area contributed by atoms with E-state index in [1.54, 1.807) is 11.8 Å². The minimum atomic E-state index is 0.232. The highest BCUT2D eigenvalue weighted by molar-refractivity contribution is 7.98. The summed E-state index contributed by atoms with van der Waals surface area (Å²) in [5, 5.41) is 18.7. The van der Waals surface area contributed by atoms with Crippen LogP contribution in [0.5, 0.6) is 11.5 Å². The number of thioether (sulfide) groups is 1. The van der Waals surface area contributed by atoms with Crippen LogP contribution in [0.25, 0.3) is 17.1 Å². The van der Waals surface area contributed by atoms with Crippen molar-refractivity contribution < 1.29 is 9.47 Å². The zero-order valence-electron chi connectivity index (χ0n) is 15.9. The molecule has 4 aromatic rings. The first-order valence-corrected chi connectivity index (χ1v) is 10.3. The Balaban J connectivity index is 1.51. The second-order valence-electron chi connectivity index (χ2n) is 6.64. The molecule has 0 saturated heterocycles. The van der Waals surface area contributed by atoms with E-state index in [9.17, 15) is 0 Å². The molecule has 7 heteroatoms. The molecule has 0 N–H and O–H groups in total. The summed E-state index contributed by atoms with van der Waals surface area (Å²) in [4.78, 5) is 0.